The van der Waals surface area contributed by atoms with Crippen molar-refractivity contribution in [2.24, 2.45) is 5.10 Å². The summed E-state index contributed by atoms with van der Waals surface area (Å²) in [4.78, 5) is 12.2. The molecule has 0 N–H and O–H groups in total. The van der Waals surface area contributed by atoms with Gasteiger partial charge in [-0.3, -0.25) is 4.79 Å². The van der Waals surface area contributed by atoms with Gasteiger partial charge in [-0.15, -0.1) is 11.8 Å². The van der Waals surface area contributed by atoms with Gasteiger partial charge in [0, 0.05) is 12.2 Å². The van der Waals surface area contributed by atoms with Gasteiger partial charge in [0.1, 0.15) is 0 Å². The molecule has 22 heavy (non-hydrogen) atoms. The molecule has 3 nitrogen and oxygen atoms in total. The zero-order valence-electron chi connectivity index (χ0n) is 12.3. The number of nitrogens with zero attached hydrogens (tertiary/aromatic N) is 2. The highest BCUT2D eigenvalue weighted by Crippen LogP contribution is 2.17. The number of benzene rings is 2. The number of hydrogen-bond donors (Lipinski definition) is 0. The Bertz CT molecular complexity index is 655. The van der Waals surface area contributed by atoms with E-state index < -0.39 is 0 Å². The van der Waals surface area contributed by atoms with Crippen LogP contribution in [-0.2, 0) is 10.5 Å². The van der Waals surface area contributed by atoms with Crippen LogP contribution in [0.3, 0.4) is 0 Å². The number of carbonyl (C=O) groups is 1. The summed E-state index contributed by atoms with van der Waals surface area (Å²) in [5.74, 6) is 1.42. The van der Waals surface area contributed by atoms with E-state index in [1.165, 1.54) is 5.56 Å². The molecule has 2 aromatic rings. The van der Waals surface area contributed by atoms with Crippen LogP contribution in [0.1, 0.15) is 17.5 Å². The standard InChI is InChI=1S/C18H18N2OS/c21-18(14-22-13-15-7-3-1-4-8-15)20-12-11-17(19-20)16-9-5-2-6-10-16/h1-10H,11-14H2. The summed E-state index contributed by atoms with van der Waals surface area (Å²) in [6.07, 6.45) is 0.832. The summed E-state index contributed by atoms with van der Waals surface area (Å²) in [6.45, 7) is 0.689. The van der Waals surface area contributed by atoms with Gasteiger partial charge in [-0.25, -0.2) is 5.01 Å². The van der Waals surface area contributed by atoms with Crippen LogP contribution in [0.25, 0.3) is 0 Å². The van der Waals surface area contributed by atoms with Crippen LogP contribution in [0.2, 0.25) is 0 Å². The second-order valence-corrected chi connectivity index (χ2v) is 6.14. The molecule has 1 amide bonds. The Hall–Kier alpha value is -2.07. The molecule has 0 saturated heterocycles. The molecule has 0 fully saturated rings. The molecule has 1 heterocycles. The van der Waals surface area contributed by atoms with Crippen LogP contribution < -0.4 is 0 Å². The summed E-state index contributed by atoms with van der Waals surface area (Å²) in [7, 11) is 0. The van der Waals surface area contributed by atoms with E-state index >= 15 is 0 Å². The maximum atomic E-state index is 12.2. The Morgan fingerprint density at radius 2 is 1.73 bits per heavy atom. The molecule has 0 atom stereocenters. The molecular weight excluding hydrogens is 292 g/mol. The van der Waals surface area contributed by atoms with Crippen molar-refractivity contribution in [3.63, 3.8) is 0 Å². The van der Waals surface area contributed by atoms with Crippen molar-refractivity contribution < 1.29 is 4.79 Å². The normalized spacial score (nSPS) is 14.0. The summed E-state index contributed by atoms with van der Waals surface area (Å²) < 4.78 is 0. The minimum absolute atomic E-state index is 0.0897. The lowest BCUT2D eigenvalue weighted by atomic mass is 10.1. The Morgan fingerprint density at radius 3 is 2.45 bits per heavy atom. The fraction of sp³-hybridized carbons (Fsp3) is 0.222. The van der Waals surface area contributed by atoms with Crippen LogP contribution in [0, 0.1) is 0 Å². The maximum absolute atomic E-state index is 12.2. The second kappa shape index (κ2) is 7.27. The number of rotatable bonds is 5. The molecule has 4 heteroatoms. The lowest BCUT2D eigenvalue weighted by Gasteiger charge is -2.10. The molecule has 0 unspecified atom stereocenters. The Labute approximate surface area is 135 Å². The minimum atomic E-state index is 0.0897. The van der Waals surface area contributed by atoms with Crippen molar-refractivity contribution in [1.29, 1.82) is 0 Å². The summed E-state index contributed by atoms with van der Waals surface area (Å²) in [6, 6.07) is 20.3. The van der Waals surface area contributed by atoms with Crippen LogP contribution in [0.15, 0.2) is 65.8 Å². The molecule has 0 aliphatic carbocycles. The highest BCUT2D eigenvalue weighted by molar-refractivity contribution is 7.99. The molecule has 0 aromatic heterocycles. The van der Waals surface area contributed by atoms with E-state index in [2.05, 4.69) is 17.2 Å². The van der Waals surface area contributed by atoms with E-state index in [1.807, 2.05) is 48.5 Å². The predicted octanol–water partition coefficient (Wildman–Crippen LogP) is 3.56. The van der Waals surface area contributed by atoms with E-state index in [4.69, 9.17) is 0 Å². The third-order valence-corrected chi connectivity index (χ3v) is 4.52. The maximum Gasteiger partial charge on any atom is 0.252 e. The number of amides is 1. The van der Waals surface area contributed by atoms with Crippen LogP contribution in [0.5, 0.6) is 0 Å². The largest absolute Gasteiger partial charge is 0.272 e. The highest BCUT2D eigenvalue weighted by atomic mass is 32.2. The fourth-order valence-corrected chi connectivity index (χ4v) is 3.23. The molecule has 0 radical (unpaired) electrons. The first-order valence-electron chi connectivity index (χ1n) is 7.38. The van der Waals surface area contributed by atoms with Gasteiger partial charge in [-0.2, -0.15) is 5.10 Å². The quantitative estimate of drug-likeness (QED) is 0.846. The van der Waals surface area contributed by atoms with E-state index in [-0.39, 0.29) is 5.91 Å². The van der Waals surface area contributed by atoms with Crippen LogP contribution >= 0.6 is 11.8 Å². The molecular formula is C18H18N2OS. The van der Waals surface area contributed by atoms with Gasteiger partial charge < -0.3 is 0 Å². The predicted molar refractivity (Wildman–Crippen MR) is 91.9 cm³/mol. The summed E-state index contributed by atoms with van der Waals surface area (Å²) >= 11 is 1.64. The molecule has 3 rings (SSSR count). The average molecular weight is 310 g/mol. The number of carbonyl (C=O) groups excluding carboxylic acids is 1. The first-order chi connectivity index (χ1) is 10.8. The fourth-order valence-electron chi connectivity index (χ4n) is 2.38. The smallest absolute Gasteiger partial charge is 0.252 e. The van der Waals surface area contributed by atoms with E-state index in [0.29, 0.717) is 12.3 Å². The third-order valence-electron chi connectivity index (χ3n) is 3.53. The number of hydrogen-bond acceptors (Lipinski definition) is 3. The zero-order chi connectivity index (χ0) is 15.2. The van der Waals surface area contributed by atoms with Crippen LogP contribution in [0.4, 0.5) is 0 Å². The van der Waals surface area contributed by atoms with E-state index in [0.717, 1.165) is 23.4 Å². The topological polar surface area (TPSA) is 32.7 Å². The summed E-state index contributed by atoms with van der Waals surface area (Å²) in [5, 5.41) is 6.08. The third kappa shape index (κ3) is 3.77. The Kier molecular flexibility index (Phi) is 4.91. The molecule has 1 aliphatic heterocycles. The van der Waals surface area contributed by atoms with Crippen molar-refractivity contribution in [1.82, 2.24) is 5.01 Å². The molecule has 0 saturated carbocycles. The van der Waals surface area contributed by atoms with Gasteiger partial charge in [0.05, 0.1) is 18.0 Å². The van der Waals surface area contributed by atoms with Gasteiger partial charge >= 0.3 is 0 Å². The number of thioether (sulfide) groups is 1. The SMILES string of the molecule is O=C(CSCc1ccccc1)N1CCC(c2ccccc2)=N1. The van der Waals surface area contributed by atoms with E-state index in [1.54, 1.807) is 16.8 Å². The van der Waals surface area contributed by atoms with Gasteiger partial charge in [0.25, 0.3) is 5.91 Å². The van der Waals surface area contributed by atoms with Crippen molar-refractivity contribution >= 4 is 23.4 Å². The van der Waals surface area contributed by atoms with Crippen molar-refractivity contribution in [2.45, 2.75) is 12.2 Å². The second-order valence-electron chi connectivity index (χ2n) is 5.16. The van der Waals surface area contributed by atoms with E-state index in [9.17, 15) is 4.79 Å². The van der Waals surface area contributed by atoms with Gasteiger partial charge in [-0.05, 0) is 11.1 Å². The number of hydrazone groups is 1. The summed E-state index contributed by atoms with van der Waals surface area (Å²) in [5.41, 5.74) is 3.35. The average Bonchev–Trinajstić information content (AvgIpc) is 3.07. The Balaban J connectivity index is 1.52. The zero-order valence-corrected chi connectivity index (χ0v) is 13.1. The van der Waals surface area contributed by atoms with Crippen LogP contribution in [-0.4, -0.2) is 28.9 Å². The Morgan fingerprint density at radius 1 is 1.05 bits per heavy atom. The first kappa shape index (κ1) is 14.9. The minimum Gasteiger partial charge on any atom is -0.272 e. The van der Waals surface area contributed by atoms with Gasteiger partial charge in [0.2, 0.25) is 0 Å². The molecule has 2 aromatic carbocycles. The molecule has 1 aliphatic rings. The monoisotopic (exact) mass is 310 g/mol. The van der Waals surface area contributed by atoms with Gasteiger partial charge in [0.15, 0.2) is 0 Å². The molecule has 112 valence electrons. The lowest BCUT2D eigenvalue weighted by Crippen LogP contribution is -2.25. The molecule has 0 bridgehead atoms. The highest BCUT2D eigenvalue weighted by Gasteiger charge is 2.21. The lowest BCUT2D eigenvalue weighted by molar-refractivity contribution is -0.127. The van der Waals surface area contributed by atoms with Crippen molar-refractivity contribution in [3.8, 4) is 0 Å². The molecule has 0 spiro atoms. The van der Waals surface area contributed by atoms with Gasteiger partial charge in [-0.1, -0.05) is 60.7 Å². The van der Waals surface area contributed by atoms with Crippen molar-refractivity contribution in [2.75, 3.05) is 12.3 Å². The first-order valence-corrected chi connectivity index (χ1v) is 8.53. The van der Waals surface area contributed by atoms with Crippen molar-refractivity contribution in [3.05, 3.63) is 71.8 Å².